The molecule has 2 rings (SSSR count). The predicted molar refractivity (Wildman–Crippen MR) is 109 cm³/mol. The number of carbonyl (C=O) groups is 1. The maximum absolute atomic E-state index is 12.1. The van der Waals surface area contributed by atoms with Crippen LogP contribution in [-0.4, -0.2) is 42.3 Å². The molecule has 0 spiro atoms. The molecule has 1 fully saturated rings. The van der Waals surface area contributed by atoms with E-state index in [1.165, 1.54) is 0 Å². The first-order valence-electron chi connectivity index (χ1n) is 9.78. The quantitative estimate of drug-likeness (QED) is 0.745. The van der Waals surface area contributed by atoms with E-state index in [2.05, 4.69) is 5.32 Å². The highest BCUT2D eigenvalue weighted by Gasteiger charge is 2.26. The second-order valence-corrected chi connectivity index (χ2v) is 8.90. The zero-order valence-corrected chi connectivity index (χ0v) is 17.9. The van der Waals surface area contributed by atoms with Crippen molar-refractivity contribution in [2.24, 2.45) is 5.92 Å². The minimum absolute atomic E-state index is 0.127. The molecule has 0 radical (unpaired) electrons. The lowest BCUT2D eigenvalue weighted by Crippen LogP contribution is -2.43. The smallest absolute Gasteiger partial charge is 0.410 e. The lowest BCUT2D eigenvalue weighted by Gasteiger charge is -2.33. The summed E-state index contributed by atoms with van der Waals surface area (Å²) >= 11 is 6.14. The van der Waals surface area contributed by atoms with E-state index in [9.17, 15) is 4.79 Å². The Balaban J connectivity index is 1.78. The van der Waals surface area contributed by atoms with Gasteiger partial charge in [0.2, 0.25) is 0 Å². The zero-order chi connectivity index (χ0) is 20.0. The molecule has 1 aliphatic heterocycles. The highest BCUT2D eigenvalue weighted by Crippen LogP contribution is 2.24. The van der Waals surface area contributed by atoms with Crippen molar-refractivity contribution in [3.63, 3.8) is 0 Å². The fraction of sp³-hybridized carbons (Fsp3) is 0.667. The van der Waals surface area contributed by atoms with Crippen molar-refractivity contribution in [3.8, 4) is 5.75 Å². The van der Waals surface area contributed by atoms with E-state index in [1.807, 2.05) is 57.7 Å². The molecule has 5 nitrogen and oxygen atoms in total. The fourth-order valence-electron chi connectivity index (χ4n) is 3.11. The van der Waals surface area contributed by atoms with Gasteiger partial charge in [-0.2, -0.15) is 0 Å². The highest BCUT2D eigenvalue weighted by molar-refractivity contribution is 6.30. The summed E-state index contributed by atoms with van der Waals surface area (Å²) in [6, 6.07) is 5.74. The van der Waals surface area contributed by atoms with E-state index in [0.29, 0.717) is 10.9 Å². The van der Waals surface area contributed by atoms with Gasteiger partial charge in [0, 0.05) is 30.2 Å². The van der Waals surface area contributed by atoms with Crippen LogP contribution in [0, 0.1) is 5.92 Å². The number of carbonyl (C=O) groups excluding carboxylic acids is 1. The molecule has 0 unspecified atom stereocenters. The molecule has 1 saturated heterocycles. The predicted octanol–water partition coefficient (Wildman–Crippen LogP) is 4.86. The van der Waals surface area contributed by atoms with Gasteiger partial charge in [0.15, 0.2) is 0 Å². The molecular weight excluding hydrogens is 364 g/mol. The molecule has 0 aromatic heterocycles. The Morgan fingerprint density at radius 3 is 2.56 bits per heavy atom. The average Bonchev–Trinajstić information content (AvgIpc) is 2.56. The molecule has 6 heteroatoms. The van der Waals surface area contributed by atoms with Gasteiger partial charge in [0.05, 0.1) is 6.10 Å². The fourth-order valence-corrected chi connectivity index (χ4v) is 3.31. The van der Waals surface area contributed by atoms with Crippen molar-refractivity contribution in [2.75, 3.05) is 19.6 Å². The molecule has 0 saturated carbocycles. The molecule has 1 aliphatic rings. The minimum atomic E-state index is -0.442. The largest absolute Gasteiger partial charge is 0.491 e. The van der Waals surface area contributed by atoms with Crippen molar-refractivity contribution >= 4 is 17.7 Å². The highest BCUT2D eigenvalue weighted by atomic mass is 35.5. The number of benzene rings is 1. The first kappa shape index (κ1) is 21.8. The van der Waals surface area contributed by atoms with Crippen LogP contribution in [0.2, 0.25) is 5.02 Å². The Bertz CT molecular complexity index is 620. The number of nitrogens with zero attached hydrogens (tertiary/aromatic N) is 1. The van der Waals surface area contributed by atoms with Gasteiger partial charge in [0.1, 0.15) is 11.4 Å². The lowest BCUT2D eigenvalue weighted by atomic mass is 9.97. The standard InChI is InChI=1S/C21H33ClN2O3/c1-15(2)26-19-7-6-18(22)12-17(19)14-23-13-16-8-10-24(11-9-16)20(25)27-21(3,4)5/h6-7,12,15-16,23H,8-11,13-14H2,1-5H3. The molecular formula is C21H33ClN2O3. The van der Waals surface area contributed by atoms with E-state index in [0.717, 1.165) is 50.3 Å². The van der Waals surface area contributed by atoms with Crippen LogP contribution in [0.15, 0.2) is 18.2 Å². The van der Waals surface area contributed by atoms with Crippen LogP contribution >= 0.6 is 11.6 Å². The second-order valence-electron chi connectivity index (χ2n) is 8.46. The van der Waals surface area contributed by atoms with Crippen LogP contribution in [-0.2, 0) is 11.3 Å². The van der Waals surface area contributed by atoms with E-state index >= 15 is 0 Å². The Morgan fingerprint density at radius 2 is 1.96 bits per heavy atom. The number of rotatable bonds is 6. The number of nitrogens with one attached hydrogen (secondary N) is 1. The molecule has 1 heterocycles. The van der Waals surface area contributed by atoms with Gasteiger partial charge in [-0.1, -0.05) is 11.6 Å². The number of hydrogen-bond acceptors (Lipinski definition) is 4. The summed E-state index contributed by atoms with van der Waals surface area (Å²) in [5.74, 6) is 1.43. The Kier molecular flexibility index (Phi) is 7.80. The van der Waals surface area contributed by atoms with E-state index in [1.54, 1.807) is 0 Å². The van der Waals surface area contributed by atoms with Crippen molar-refractivity contribution in [3.05, 3.63) is 28.8 Å². The summed E-state index contributed by atoms with van der Waals surface area (Å²) in [5.41, 5.74) is 0.629. The van der Waals surface area contributed by atoms with Gasteiger partial charge in [-0.3, -0.25) is 0 Å². The van der Waals surface area contributed by atoms with Crippen LogP contribution in [0.3, 0.4) is 0 Å². The minimum Gasteiger partial charge on any atom is -0.491 e. The molecule has 0 bridgehead atoms. The Hall–Kier alpha value is -1.46. The van der Waals surface area contributed by atoms with Crippen LogP contribution in [0.5, 0.6) is 5.75 Å². The number of hydrogen-bond donors (Lipinski definition) is 1. The normalized spacial score (nSPS) is 15.9. The first-order chi connectivity index (χ1) is 12.6. The van der Waals surface area contributed by atoms with Crippen molar-refractivity contribution < 1.29 is 14.3 Å². The van der Waals surface area contributed by atoms with Gasteiger partial charge >= 0.3 is 6.09 Å². The summed E-state index contributed by atoms with van der Waals surface area (Å²) < 4.78 is 11.3. The zero-order valence-electron chi connectivity index (χ0n) is 17.2. The molecule has 1 aromatic rings. The molecule has 152 valence electrons. The van der Waals surface area contributed by atoms with E-state index in [4.69, 9.17) is 21.1 Å². The third-order valence-electron chi connectivity index (χ3n) is 4.40. The van der Waals surface area contributed by atoms with Crippen LogP contribution in [0.1, 0.15) is 53.0 Å². The summed E-state index contributed by atoms with van der Waals surface area (Å²) in [6.45, 7) is 12.9. The average molecular weight is 397 g/mol. The number of halogens is 1. The van der Waals surface area contributed by atoms with Crippen LogP contribution in [0.4, 0.5) is 4.79 Å². The third kappa shape index (κ3) is 7.59. The number of piperidine rings is 1. The molecule has 27 heavy (non-hydrogen) atoms. The molecule has 1 aromatic carbocycles. The topological polar surface area (TPSA) is 50.8 Å². The number of likely N-dealkylation sites (tertiary alicyclic amines) is 1. The first-order valence-corrected chi connectivity index (χ1v) is 10.2. The summed E-state index contributed by atoms with van der Waals surface area (Å²) in [6.07, 6.45) is 1.89. The Labute approximate surface area is 168 Å². The SMILES string of the molecule is CC(C)Oc1ccc(Cl)cc1CNCC1CCN(C(=O)OC(C)(C)C)CC1. The van der Waals surface area contributed by atoms with E-state index < -0.39 is 5.60 Å². The Morgan fingerprint density at radius 1 is 1.30 bits per heavy atom. The van der Waals surface area contributed by atoms with Gasteiger partial charge in [-0.05, 0) is 78.1 Å². The maximum atomic E-state index is 12.1. The molecule has 0 aliphatic carbocycles. The van der Waals surface area contributed by atoms with Crippen LogP contribution < -0.4 is 10.1 Å². The third-order valence-corrected chi connectivity index (χ3v) is 4.63. The monoisotopic (exact) mass is 396 g/mol. The molecule has 1 amide bonds. The van der Waals surface area contributed by atoms with Gasteiger partial charge < -0.3 is 19.7 Å². The number of ether oxygens (including phenoxy) is 2. The van der Waals surface area contributed by atoms with Gasteiger partial charge in [0.25, 0.3) is 0 Å². The second kappa shape index (κ2) is 9.65. The van der Waals surface area contributed by atoms with E-state index in [-0.39, 0.29) is 12.2 Å². The number of amides is 1. The maximum Gasteiger partial charge on any atom is 0.410 e. The summed E-state index contributed by atoms with van der Waals surface area (Å²) in [5, 5.41) is 4.24. The summed E-state index contributed by atoms with van der Waals surface area (Å²) in [4.78, 5) is 14.0. The molecule has 0 atom stereocenters. The van der Waals surface area contributed by atoms with Crippen molar-refractivity contribution in [2.45, 2.75) is 65.7 Å². The van der Waals surface area contributed by atoms with Crippen LogP contribution in [0.25, 0.3) is 0 Å². The molecule has 1 N–H and O–H groups in total. The van der Waals surface area contributed by atoms with Gasteiger partial charge in [-0.15, -0.1) is 0 Å². The summed E-state index contributed by atoms with van der Waals surface area (Å²) in [7, 11) is 0. The van der Waals surface area contributed by atoms with Gasteiger partial charge in [-0.25, -0.2) is 4.79 Å². The van der Waals surface area contributed by atoms with Crippen molar-refractivity contribution in [1.82, 2.24) is 10.2 Å². The van der Waals surface area contributed by atoms with Crippen molar-refractivity contribution in [1.29, 1.82) is 0 Å². The lowest BCUT2D eigenvalue weighted by molar-refractivity contribution is 0.0184.